The van der Waals surface area contributed by atoms with Crippen LogP contribution < -0.4 is 14.8 Å². The first-order valence-corrected chi connectivity index (χ1v) is 8.74. The topological polar surface area (TPSA) is 30.5 Å². The van der Waals surface area contributed by atoms with Gasteiger partial charge in [-0.15, -0.1) is 0 Å². The average Bonchev–Trinajstić information content (AvgIpc) is 2.59. The first-order chi connectivity index (χ1) is 9.62. The fraction of sp³-hybridized carbons (Fsp3) is 0.600. The van der Waals surface area contributed by atoms with Crippen molar-refractivity contribution in [3.05, 3.63) is 21.7 Å². The molecule has 1 heterocycles. The molecule has 5 heteroatoms. The quantitative estimate of drug-likeness (QED) is 0.874. The lowest BCUT2D eigenvalue weighted by molar-refractivity contribution is 0.382. The maximum Gasteiger partial charge on any atom is 0.138 e. The Bertz CT molecular complexity index is 481. The maximum atomic E-state index is 5.66. The molecule has 0 radical (unpaired) electrons. The summed E-state index contributed by atoms with van der Waals surface area (Å²) in [6, 6.07) is 2.32. The Balaban J connectivity index is 2.61. The van der Waals surface area contributed by atoms with E-state index in [1.54, 1.807) is 14.2 Å². The third kappa shape index (κ3) is 3.10. The molecule has 1 aliphatic rings. The minimum atomic E-state index is 0.307. The molecule has 0 aromatic heterocycles. The minimum absolute atomic E-state index is 0.307. The van der Waals surface area contributed by atoms with Gasteiger partial charge in [0.15, 0.2) is 0 Å². The standard InChI is InChI=1S/C15H22BrNO2S/c1-5-17-12-6-9(2)20-8-10-13(18-3)7-11(16)15(19-4)14(10)12/h7,9,12,17H,5-6,8H2,1-4H3. The van der Waals surface area contributed by atoms with Crippen molar-refractivity contribution in [2.45, 2.75) is 37.3 Å². The van der Waals surface area contributed by atoms with Crippen molar-refractivity contribution >= 4 is 27.7 Å². The molecule has 0 aliphatic carbocycles. The summed E-state index contributed by atoms with van der Waals surface area (Å²) in [6.07, 6.45) is 1.10. The Hall–Kier alpha value is -0.390. The Morgan fingerprint density at radius 1 is 1.40 bits per heavy atom. The Kier molecular flexibility index (Phi) is 5.64. The van der Waals surface area contributed by atoms with Crippen LogP contribution in [0.5, 0.6) is 11.5 Å². The zero-order chi connectivity index (χ0) is 14.7. The number of methoxy groups -OCH3 is 2. The Morgan fingerprint density at radius 3 is 2.75 bits per heavy atom. The molecule has 2 atom stereocenters. The highest BCUT2D eigenvalue weighted by atomic mass is 79.9. The number of halogens is 1. The Morgan fingerprint density at radius 2 is 2.15 bits per heavy atom. The molecule has 1 aromatic carbocycles. The smallest absolute Gasteiger partial charge is 0.138 e. The fourth-order valence-corrected chi connectivity index (χ4v) is 4.41. The predicted octanol–water partition coefficient (Wildman–Crippen LogP) is 4.14. The molecule has 3 nitrogen and oxygen atoms in total. The first kappa shape index (κ1) is 16.0. The van der Waals surface area contributed by atoms with E-state index in [-0.39, 0.29) is 0 Å². The molecule has 0 bridgehead atoms. The van der Waals surface area contributed by atoms with E-state index in [1.165, 1.54) is 11.1 Å². The molecule has 2 rings (SSSR count). The zero-order valence-electron chi connectivity index (χ0n) is 12.5. The third-order valence-corrected chi connectivity index (χ3v) is 5.45. The number of rotatable bonds is 4. The molecule has 112 valence electrons. The van der Waals surface area contributed by atoms with Crippen LogP contribution in [0.3, 0.4) is 0 Å². The van der Waals surface area contributed by atoms with E-state index >= 15 is 0 Å². The molecule has 20 heavy (non-hydrogen) atoms. The van der Waals surface area contributed by atoms with Crippen LogP contribution in [-0.2, 0) is 5.75 Å². The van der Waals surface area contributed by atoms with Gasteiger partial charge >= 0.3 is 0 Å². The summed E-state index contributed by atoms with van der Waals surface area (Å²) in [5.41, 5.74) is 2.50. The molecule has 1 aliphatic heterocycles. The van der Waals surface area contributed by atoms with Crippen molar-refractivity contribution in [2.75, 3.05) is 20.8 Å². The van der Waals surface area contributed by atoms with Gasteiger partial charge in [-0.25, -0.2) is 0 Å². The molecule has 0 spiro atoms. The van der Waals surface area contributed by atoms with Gasteiger partial charge in [0.05, 0.1) is 18.7 Å². The number of hydrogen-bond acceptors (Lipinski definition) is 4. The zero-order valence-corrected chi connectivity index (χ0v) is 14.9. The van der Waals surface area contributed by atoms with Crippen molar-refractivity contribution in [3.8, 4) is 11.5 Å². The summed E-state index contributed by atoms with van der Waals surface area (Å²) in [5, 5.41) is 4.21. The highest BCUT2D eigenvalue weighted by Gasteiger charge is 2.29. The molecule has 0 fully saturated rings. The molecule has 2 unspecified atom stereocenters. The number of thioether (sulfide) groups is 1. The molecule has 0 saturated carbocycles. The fourth-order valence-electron chi connectivity index (χ4n) is 2.75. The first-order valence-electron chi connectivity index (χ1n) is 6.90. The molecule has 1 N–H and O–H groups in total. The van der Waals surface area contributed by atoms with Gasteiger partial charge in [-0.2, -0.15) is 11.8 Å². The van der Waals surface area contributed by atoms with E-state index in [9.17, 15) is 0 Å². The van der Waals surface area contributed by atoms with Crippen molar-refractivity contribution in [2.24, 2.45) is 0 Å². The van der Waals surface area contributed by atoms with Gasteiger partial charge in [0.25, 0.3) is 0 Å². The van der Waals surface area contributed by atoms with Crippen LogP contribution >= 0.6 is 27.7 Å². The normalized spacial score (nSPS) is 22.1. The number of hydrogen-bond donors (Lipinski definition) is 1. The van der Waals surface area contributed by atoms with Crippen molar-refractivity contribution in [1.82, 2.24) is 5.32 Å². The lowest BCUT2D eigenvalue weighted by atomic mass is 9.95. The van der Waals surface area contributed by atoms with Gasteiger partial charge in [0, 0.05) is 28.2 Å². The largest absolute Gasteiger partial charge is 0.496 e. The van der Waals surface area contributed by atoms with E-state index in [1.807, 2.05) is 17.8 Å². The monoisotopic (exact) mass is 359 g/mol. The van der Waals surface area contributed by atoms with Gasteiger partial charge in [-0.3, -0.25) is 0 Å². The predicted molar refractivity (Wildman–Crippen MR) is 89.0 cm³/mol. The number of fused-ring (bicyclic) bond motifs is 1. The van der Waals surface area contributed by atoms with Gasteiger partial charge in [0.1, 0.15) is 11.5 Å². The molecule has 0 saturated heterocycles. The lowest BCUT2D eigenvalue weighted by Crippen LogP contribution is -2.24. The second-order valence-electron chi connectivity index (χ2n) is 4.95. The summed E-state index contributed by atoms with van der Waals surface area (Å²) in [6.45, 7) is 5.37. The summed E-state index contributed by atoms with van der Waals surface area (Å²) in [7, 11) is 3.47. The van der Waals surface area contributed by atoms with E-state index in [4.69, 9.17) is 9.47 Å². The molecule has 0 amide bonds. The molecule has 1 aromatic rings. The third-order valence-electron chi connectivity index (χ3n) is 3.64. The Labute approximate surface area is 133 Å². The van der Waals surface area contributed by atoms with E-state index in [0.717, 1.165) is 34.7 Å². The van der Waals surface area contributed by atoms with Crippen molar-refractivity contribution < 1.29 is 9.47 Å². The second-order valence-corrected chi connectivity index (χ2v) is 7.23. The average molecular weight is 360 g/mol. The van der Waals surface area contributed by atoms with Gasteiger partial charge in [-0.05, 0) is 35.0 Å². The lowest BCUT2D eigenvalue weighted by Gasteiger charge is -2.24. The van der Waals surface area contributed by atoms with Crippen LogP contribution in [0.1, 0.15) is 37.4 Å². The summed E-state index contributed by atoms with van der Waals surface area (Å²) in [5.74, 6) is 2.84. The number of nitrogens with one attached hydrogen (secondary N) is 1. The van der Waals surface area contributed by atoms with Gasteiger partial charge in [-0.1, -0.05) is 13.8 Å². The molecular weight excluding hydrogens is 338 g/mol. The highest BCUT2D eigenvalue weighted by Crippen LogP contribution is 2.46. The summed E-state index contributed by atoms with van der Waals surface area (Å²) < 4.78 is 12.2. The minimum Gasteiger partial charge on any atom is -0.496 e. The highest BCUT2D eigenvalue weighted by molar-refractivity contribution is 9.10. The van der Waals surface area contributed by atoms with Crippen LogP contribution in [0, 0.1) is 0 Å². The van der Waals surface area contributed by atoms with E-state index in [0.29, 0.717) is 11.3 Å². The number of ether oxygens (including phenoxy) is 2. The van der Waals surface area contributed by atoms with Crippen LogP contribution in [0.4, 0.5) is 0 Å². The van der Waals surface area contributed by atoms with Crippen LogP contribution in [0.25, 0.3) is 0 Å². The summed E-state index contributed by atoms with van der Waals surface area (Å²) in [4.78, 5) is 0. The second kappa shape index (κ2) is 7.05. The number of benzene rings is 1. The van der Waals surface area contributed by atoms with Gasteiger partial charge in [0.2, 0.25) is 0 Å². The van der Waals surface area contributed by atoms with Crippen LogP contribution in [-0.4, -0.2) is 26.0 Å². The van der Waals surface area contributed by atoms with Crippen molar-refractivity contribution in [3.63, 3.8) is 0 Å². The van der Waals surface area contributed by atoms with Crippen LogP contribution in [0.15, 0.2) is 10.5 Å². The SMILES string of the molecule is CCNC1CC(C)SCc2c(OC)cc(Br)c(OC)c21. The van der Waals surface area contributed by atoms with Crippen LogP contribution in [0.2, 0.25) is 0 Å². The van der Waals surface area contributed by atoms with E-state index in [2.05, 4.69) is 35.1 Å². The van der Waals surface area contributed by atoms with Gasteiger partial charge < -0.3 is 14.8 Å². The maximum absolute atomic E-state index is 5.66. The summed E-state index contributed by atoms with van der Waals surface area (Å²) >= 11 is 5.58. The van der Waals surface area contributed by atoms with E-state index < -0.39 is 0 Å². The van der Waals surface area contributed by atoms with Crippen molar-refractivity contribution in [1.29, 1.82) is 0 Å². The molecular formula is C15H22BrNO2S.